The third-order valence-corrected chi connectivity index (χ3v) is 7.17. The van der Waals surface area contributed by atoms with Gasteiger partial charge in [0.25, 0.3) is 5.91 Å². The average molecular weight is 419 g/mol. The first-order valence-corrected chi connectivity index (χ1v) is 11.3. The molecule has 156 valence electrons. The lowest BCUT2D eigenvalue weighted by Gasteiger charge is -2.32. The summed E-state index contributed by atoms with van der Waals surface area (Å²) in [6, 6.07) is 9.71. The van der Waals surface area contributed by atoms with E-state index in [1.807, 2.05) is 19.1 Å². The highest BCUT2D eigenvalue weighted by Crippen LogP contribution is 2.23. The molecule has 1 fully saturated rings. The van der Waals surface area contributed by atoms with Gasteiger partial charge in [0.2, 0.25) is 10.0 Å². The van der Waals surface area contributed by atoms with Crippen LogP contribution in [-0.2, 0) is 10.0 Å². The van der Waals surface area contributed by atoms with Crippen LogP contribution in [-0.4, -0.2) is 38.9 Å². The maximum atomic E-state index is 13.9. The van der Waals surface area contributed by atoms with E-state index in [0.29, 0.717) is 37.4 Å². The number of piperidine rings is 1. The van der Waals surface area contributed by atoms with Gasteiger partial charge in [-0.05, 0) is 62.8 Å². The minimum atomic E-state index is -3.60. The molecule has 29 heavy (non-hydrogen) atoms. The van der Waals surface area contributed by atoms with Crippen molar-refractivity contribution in [2.24, 2.45) is 5.92 Å². The number of halogens is 1. The number of aryl methyl sites for hydroxylation is 3. The standard InChI is InChI=1S/C22H27FN2O3S/c1-15-12-16(2)21(17(3)13-15)29(27,28)24-14-18-8-10-25(11-9-18)22(26)19-6-4-5-7-20(19)23/h4-7,12-13,18,24H,8-11,14H2,1-3H3. The van der Waals surface area contributed by atoms with Crippen molar-refractivity contribution in [2.75, 3.05) is 19.6 Å². The Bertz CT molecular complexity index is 989. The molecule has 0 radical (unpaired) electrons. The van der Waals surface area contributed by atoms with Gasteiger partial charge in [-0.2, -0.15) is 0 Å². The molecule has 0 aromatic heterocycles. The van der Waals surface area contributed by atoms with Crippen molar-refractivity contribution < 1.29 is 17.6 Å². The van der Waals surface area contributed by atoms with Gasteiger partial charge >= 0.3 is 0 Å². The van der Waals surface area contributed by atoms with Crippen LogP contribution >= 0.6 is 0 Å². The van der Waals surface area contributed by atoms with Gasteiger partial charge < -0.3 is 4.90 Å². The Kier molecular flexibility index (Phi) is 6.39. The maximum Gasteiger partial charge on any atom is 0.256 e. The summed E-state index contributed by atoms with van der Waals surface area (Å²) in [6.45, 7) is 6.87. The number of amides is 1. The minimum Gasteiger partial charge on any atom is -0.339 e. The Morgan fingerprint density at radius 3 is 2.28 bits per heavy atom. The van der Waals surface area contributed by atoms with E-state index in [1.54, 1.807) is 30.9 Å². The highest BCUT2D eigenvalue weighted by Gasteiger charge is 2.27. The van der Waals surface area contributed by atoms with Crippen LogP contribution in [0.3, 0.4) is 0 Å². The molecule has 1 amide bonds. The second kappa shape index (κ2) is 8.63. The Morgan fingerprint density at radius 1 is 1.10 bits per heavy atom. The molecule has 5 nitrogen and oxygen atoms in total. The summed E-state index contributed by atoms with van der Waals surface area (Å²) in [6.07, 6.45) is 1.35. The van der Waals surface area contributed by atoms with E-state index in [2.05, 4.69) is 4.72 Å². The molecule has 2 aromatic carbocycles. The van der Waals surface area contributed by atoms with Crippen molar-refractivity contribution in [1.29, 1.82) is 0 Å². The van der Waals surface area contributed by atoms with E-state index in [1.165, 1.54) is 12.1 Å². The molecule has 1 aliphatic heterocycles. The molecule has 0 aliphatic carbocycles. The molecule has 1 saturated heterocycles. The first-order valence-electron chi connectivity index (χ1n) is 9.80. The fraction of sp³-hybridized carbons (Fsp3) is 0.409. The number of benzene rings is 2. The van der Waals surface area contributed by atoms with Gasteiger partial charge in [0.05, 0.1) is 10.5 Å². The molecule has 1 aliphatic rings. The van der Waals surface area contributed by atoms with E-state index in [-0.39, 0.29) is 17.4 Å². The first kappa shape index (κ1) is 21.5. The molecule has 0 atom stereocenters. The number of nitrogens with zero attached hydrogens (tertiary/aromatic N) is 1. The minimum absolute atomic E-state index is 0.0805. The zero-order chi connectivity index (χ0) is 21.2. The molecular weight excluding hydrogens is 391 g/mol. The predicted octanol–water partition coefficient (Wildman–Crippen LogP) is 3.58. The second-order valence-electron chi connectivity index (χ2n) is 7.80. The van der Waals surface area contributed by atoms with Gasteiger partial charge in [-0.1, -0.05) is 29.8 Å². The summed E-state index contributed by atoms with van der Waals surface area (Å²) in [4.78, 5) is 14.5. The van der Waals surface area contributed by atoms with E-state index in [0.717, 1.165) is 16.7 Å². The van der Waals surface area contributed by atoms with E-state index in [9.17, 15) is 17.6 Å². The van der Waals surface area contributed by atoms with Crippen LogP contribution < -0.4 is 4.72 Å². The van der Waals surface area contributed by atoms with Gasteiger partial charge in [0.15, 0.2) is 0 Å². The van der Waals surface area contributed by atoms with Crippen LogP contribution in [0.15, 0.2) is 41.3 Å². The number of carbonyl (C=O) groups excluding carboxylic acids is 1. The number of nitrogens with one attached hydrogen (secondary N) is 1. The van der Waals surface area contributed by atoms with Crippen molar-refractivity contribution in [1.82, 2.24) is 9.62 Å². The lowest BCUT2D eigenvalue weighted by molar-refractivity contribution is 0.0687. The molecule has 0 unspecified atom stereocenters. The average Bonchev–Trinajstić information content (AvgIpc) is 2.66. The topological polar surface area (TPSA) is 66.5 Å². The summed E-state index contributed by atoms with van der Waals surface area (Å²) < 4.78 is 42.2. The second-order valence-corrected chi connectivity index (χ2v) is 9.50. The highest BCUT2D eigenvalue weighted by molar-refractivity contribution is 7.89. The molecule has 0 spiro atoms. The zero-order valence-corrected chi connectivity index (χ0v) is 17.9. The summed E-state index contributed by atoms with van der Waals surface area (Å²) in [5.74, 6) is -0.690. The number of likely N-dealkylation sites (tertiary alicyclic amines) is 1. The highest BCUT2D eigenvalue weighted by atomic mass is 32.2. The number of hydrogen-bond donors (Lipinski definition) is 1. The maximum absolute atomic E-state index is 13.9. The summed E-state index contributed by atoms with van der Waals surface area (Å²) in [7, 11) is -3.60. The molecule has 1 heterocycles. The predicted molar refractivity (Wildman–Crippen MR) is 111 cm³/mol. The van der Waals surface area contributed by atoms with Gasteiger partial charge in [-0.3, -0.25) is 4.79 Å². The van der Waals surface area contributed by atoms with Crippen LogP contribution in [0, 0.1) is 32.5 Å². The van der Waals surface area contributed by atoms with Crippen LogP contribution in [0.4, 0.5) is 4.39 Å². The zero-order valence-electron chi connectivity index (χ0n) is 17.0. The molecule has 0 bridgehead atoms. The number of sulfonamides is 1. The summed E-state index contributed by atoms with van der Waals surface area (Å²) in [5, 5.41) is 0. The van der Waals surface area contributed by atoms with Crippen LogP contribution in [0.5, 0.6) is 0 Å². The quantitative estimate of drug-likeness (QED) is 0.807. The van der Waals surface area contributed by atoms with Crippen molar-refractivity contribution in [3.8, 4) is 0 Å². The van der Waals surface area contributed by atoms with E-state index < -0.39 is 15.8 Å². The fourth-order valence-electron chi connectivity index (χ4n) is 4.04. The van der Waals surface area contributed by atoms with Gasteiger partial charge in [0, 0.05) is 19.6 Å². The lowest BCUT2D eigenvalue weighted by atomic mass is 9.96. The van der Waals surface area contributed by atoms with Gasteiger partial charge in [-0.25, -0.2) is 17.5 Å². The molecular formula is C22H27FN2O3S. The molecule has 3 rings (SSSR count). The third-order valence-electron chi connectivity index (χ3n) is 5.44. The molecule has 1 N–H and O–H groups in total. The van der Waals surface area contributed by atoms with Crippen molar-refractivity contribution >= 4 is 15.9 Å². The monoisotopic (exact) mass is 418 g/mol. The van der Waals surface area contributed by atoms with Crippen LogP contribution in [0.2, 0.25) is 0 Å². The Morgan fingerprint density at radius 2 is 1.69 bits per heavy atom. The summed E-state index contributed by atoms with van der Waals surface area (Å²) in [5.41, 5.74) is 2.59. The molecule has 0 saturated carbocycles. The smallest absolute Gasteiger partial charge is 0.256 e. The normalized spacial score (nSPS) is 15.5. The van der Waals surface area contributed by atoms with Crippen molar-refractivity contribution in [3.63, 3.8) is 0 Å². The molecule has 2 aromatic rings. The molecule has 7 heteroatoms. The van der Waals surface area contributed by atoms with Crippen LogP contribution in [0.25, 0.3) is 0 Å². The third kappa shape index (κ3) is 4.85. The largest absolute Gasteiger partial charge is 0.339 e. The summed E-state index contributed by atoms with van der Waals surface area (Å²) >= 11 is 0. The van der Waals surface area contributed by atoms with E-state index in [4.69, 9.17) is 0 Å². The van der Waals surface area contributed by atoms with Crippen LogP contribution in [0.1, 0.15) is 39.9 Å². The Hall–Kier alpha value is -2.25. The Balaban J connectivity index is 1.59. The first-order chi connectivity index (χ1) is 13.7. The fourth-order valence-corrected chi connectivity index (χ4v) is 5.60. The number of rotatable bonds is 5. The van der Waals surface area contributed by atoms with Gasteiger partial charge in [-0.15, -0.1) is 0 Å². The number of carbonyl (C=O) groups is 1. The van der Waals surface area contributed by atoms with Crippen molar-refractivity contribution in [3.05, 3.63) is 64.5 Å². The van der Waals surface area contributed by atoms with E-state index >= 15 is 0 Å². The SMILES string of the molecule is Cc1cc(C)c(S(=O)(=O)NCC2CCN(C(=O)c3ccccc3F)CC2)c(C)c1. The number of hydrogen-bond acceptors (Lipinski definition) is 3. The Labute approximate surface area is 172 Å². The van der Waals surface area contributed by atoms with Gasteiger partial charge in [0.1, 0.15) is 5.82 Å². The lowest BCUT2D eigenvalue weighted by Crippen LogP contribution is -2.41. The van der Waals surface area contributed by atoms with Crippen molar-refractivity contribution in [2.45, 2.75) is 38.5 Å².